The minimum atomic E-state index is -1.73. The van der Waals surface area contributed by atoms with Gasteiger partial charge in [0.05, 0.1) is 25.7 Å². The van der Waals surface area contributed by atoms with Gasteiger partial charge in [-0.05, 0) is 41.0 Å². The van der Waals surface area contributed by atoms with Crippen LogP contribution in [0.25, 0.3) is 0 Å². The van der Waals surface area contributed by atoms with Gasteiger partial charge in [-0.1, -0.05) is 71.0 Å². The summed E-state index contributed by atoms with van der Waals surface area (Å²) in [4.78, 5) is 47.3. The number of nitrogens with zero attached hydrogens (tertiary/aromatic N) is 2. The van der Waals surface area contributed by atoms with Crippen LogP contribution in [0.3, 0.4) is 0 Å². The maximum Gasteiger partial charge on any atom is 0.330 e. The zero-order valence-electron chi connectivity index (χ0n) is 24.4. The minimum Gasteiger partial charge on any atom is -0.496 e. The molecule has 3 unspecified atom stereocenters. The molecule has 3 aromatic rings. The number of ether oxygens (including phenoxy) is 2. The predicted molar refractivity (Wildman–Crippen MR) is 157 cm³/mol. The number of likely N-dealkylation sites (tertiary alicyclic amines) is 1. The van der Waals surface area contributed by atoms with Crippen molar-refractivity contribution < 1.29 is 29.0 Å². The summed E-state index contributed by atoms with van der Waals surface area (Å²) in [5.41, 5.74) is -0.0494. The average molecular weight is 579 g/mol. The van der Waals surface area contributed by atoms with E-state index in [1.165, 1.54) is 16.2 Å². The van der Waals surface area contributed by atoms with Crippen molar-refractivity contribution >= 4 is 29.2 Å². The van der Waals surface area contributed by atoms with Crippen LogP contribution in [0, 0.1) is 11.8 Å². The SMILES string of the molecule is COc1cc(C(=O)N2C(c3nccs3)C(C(=O)OCC(C)C)CC2(Cc2ccccc2)C(=O)O)ccc1C(C)(C)C. The Kier molecular flexibility index (Phi) is 8.87. The van der Waals surface area contributed by atoms with E-state index in [9.17, 15) is 19.5 Å². The summed E-state index contributed by atoms with van der Waals surface area (Å²) in [5, 5.41) is 13.1. The molecule has 1 amide bonds. The Labute approximate surface area is 245 Å². The van der Waals surface area contributed by atoms with Crippen LogP contribution < -0.4 is 4.74 Å². The molecule has 9 heteroatoms. The molecule has 0 aliphatic carbocycles. The molecule has 218 valence electrons. The first-order valence-electron chi connectivity index (χ1n) is 13.7. The molecule has 41 heavy (non-hydrogen) atoms. The van der Waals surface area contributed by atoms with Crippen molar-refractivity contribution in [2.45, 2.75) is 64.5 Å². The second-order valence-electron chi connectivity index (χ2n) is 12.0. The molecule has 1 aliphatic heterocycles. The molecule has 1 N–H and O–H groups in total. The van der Waals surface area contributed by atoms with Gasteiger partial charge in [-0.3, -0.25) is 9.59 Å². The molecule has 2 aromatic carbocycles. The van der Waals surface area contributed by atoms with Crippen LogP contribution in [0.1, 0.15) is 73.6 Å². The monoisotopic (exact) mass is 578 g/mol. The smallest absolute Gasteiger partial charge is 0.330 e. The standard InChI is InChI=1S/C32H38N2O6S/c1-20(2)19-40-29(36)23-18-32(30(37)38,17-21-10-8-7-9-11-21)34(26(23)27-33-14-15-41-27)28(35)22-12-13-24(31(3,4)5)25(16-22)39-6/h7-16,20,23,26H,17-19H2,1-6H3,(H,37,38). The fourth-order valence-electron chi connectivity index (χ4n) is 5.51. The minimum absolute atomic E-state index is 0.0158. The number of aliphatic carboxylic acids is 1. The fraction of sp³-hybridized carbons (Fsp3) is 0.438. The molecule has 1 aromatic heterocycles. The number of aromatic nitrogens is 1. The number of methoxy groups -OCH3 is 1. The number of carboxylic acids is 1. The highest BCUT2D eigenvalue weighted by molar-refractivity contribution is 7.09. The highest BCUT2D eigenvalue weighted by atomic mass is 32.1. The third-order valence-corrected chi connectivity index (χ3v) is 8.30. The molecule has 3 atom stereocenters. The Balaban J connectivity index is 1.91. The van der Waals surface area contributed by atoms with Gasteiger partial charge in [0.2, 0.25) is 0 Å². The lowest BCUT2D eigenvalue weighted by Gasteiger charge is -2.38. The van der Waals surface area contributed by atoms with Crippen LogP contribution >= 0.6 is 11.3 Å². The van der Waals surface area contributed by atoms with E-state index in [-0.39, 0.29) is 36.3 Å². The van der Waals surface area contributed by atoms with Gasteiger partial charge in [0.1, 0.15) is 16.3 Å². The van der Waals surface area contributed by atoms with Crippen LogP contribution in [0.4, 0.5) is 0 Å². The number of carboxylic acid groups (broad SMARTS) is 1. The molecule has 2 heterocycles. The topological polar surface area (TPSA) is 106 Å². The molecular formula is C32H38N2O6S. The number of hydrogen-bond acceptors (Lipinski definition) is 7. The average Bonchev–Trinajstić information content (AvgIpc) is 3.58. The van der Waals surface area contributed by atoms with E-state index in [1.807, 2.05) is 71.0 Å². The number of esters is 1. The normalized spacial score (nSPS) is 20.7. The summed E-state index contributed by atoms with van der Waals surface area (Å²) < 4.78 is 11.3. The number of benzene rings is 2. The summed E-state index contributed by atoms with van der Waals surface area (Å²) in [6, 6.07) is 13.4. The quantitative estimate of drug-likeness (QED) is 0.314. The highest BCUT2D eigenvalue weighted by Gasteiger charge is 2.62. The maximum absolute atomic E-state index is 14.6. The molecule has 0 radical (unpaired) electrons. The summed E-state index contributed by atoms with van der Waals surface area (Å²) >= 11 is 1.28. The van der Waals surface area contributed by atoms with Gasteiger partial charge in [-0.15, -0.1) is 11.3 Å². The lowest BCUT2D eigenvalue weighted by molar-refractivity contribution is -0.150. The summed E-state index contributed by atoms with van der Waals surface area (Å²) in [6.45, 7) is 10.2. The zero-order chi connectivity index (χ0) is 29.9. The Morgan fingerprint density at radius 1 is 1.15 bits per heavy atom. The third-order valence-electron chi connectivity index (χ3n) is 7.46. The summed E-state index contributed by atoms with van der Waals surface area (Å²) in [5.74, 6) is -2.52. The number of thiazole rings is 1. The van der Waals surface area contributed by atoms with Crippen LogP contribution in [0.15, 0.2) is 60.1 Å². The number of amides is 1. The molecule has 0 bridgehead atoms. The molecule has 1 aliphatic rings. The van der Waals surface area contributed by atoms with Crippen molar-refractivity contribution in [3.63, 3.8) is 0 Å². The Hall–Kier alpha value is -3.72. The van der Waals surface area contributed by atoms with Crippen molar-refractivity contribution in [1.82, 2.24) is 9.88 Å². The number of hydrogen-bond donors (Lipinski definition) is 1. The Bertz CT molecular complexity index is 1380. The second kappa shape index (κ2) is 12.0. The lowest BCUT2D eigenvalue weighted by atomic mass is 9.84. The number of rotatable bonds is 9. The third kappa shape index (κ3) is 6.15. The highest BCUT2D eigenvalue weighted by Crippen LogP contribution is 2.50. The van der Waals surface area contributed by atoms with Crippen molar-refractivity contribution in [3.05, 3.63) is 81.8 Å². The molecule has 1 fully saturated rings. The van der Waals surface area contributed by atoms with Gasteiger partial charge in [-0.25, -0.2) is 9.78 Å². The van der Waals surface area contributed by atoms with Gasteiger partial charge in [0.15, 0.2) is 0 Å². The van der Waals surface area contributed by atoms with Crippen molar-refractivity contribution in [1.29, 1.82) is 0 Å². The van der Waals surface area contributed by atoms with E-state index in [0.717, 1.165) is 11.1 Å². The van der Waals surface area contributed by atoms with E-state index in [4.69, 9.17) is 9.47 Å². The summed E-state index contributed by atoms with van der Waals surface area (Å²) in [7, 11) is 1.55. The van der Waals surface area contributed by atoms with E-state index in [2.05, 4.69) is 4.98 Å². The first-order chi connectivity index (χ1) is 19.4. The predicted octanol–water partition coefficient (Wildman–Crippen LogP) is 5.92. The first kappa shape index (κ1) is 30.2. The first-order valence-corrected chi connectivity index (χ1v) is 14.6. The van der Waals surface area contributed by atoms with E-state index >= 15 is 0 Å². The number of carbonyl (C=O) groups excluding carboxylic acids is 2. The van der Waals surface area contributed by atoms with Crippen LogP contribution in [-0.4, -0.2) is 52.1 Å². The lowest BCUT2D eigenvalue weighted by Crippen LogP contribution is -2.55. The van der Waals surface area contributed by atoms with E-state index < -0.39 is 35.3 Å². The van der Waals surface area contributed by atoms with Crippen molar-refractivity contribution in [2.24, 2.45) is 11.8 Å². The summed E-state index contributed by atoms with van der Waals surface area (Å²) in [6.07, 6.45) is 1.50. The molecule has 0 saturated carbocycles. The van der Waals surface area contributed by atoms with E-state index in [0.29, 0.717) is 10.8 Å². The van der Waals surface area contributed by atoms with Crippen molar-refractivity contribution in [2.75, 3.05) is 13.7 Å². The van der Waals surface area contributed by atoms with Gasteiger partial charge >= 0.3 is 11.9 Å². The molecule has 4 rings (SSSR count). The largest absolute Gasteiger partial charge is 0.496 e. The second-order valence-corrected chi connectivity index (χ2v) is 12.9. The van der Waals surface area contributed by atoms with Crippen molar-refractivity contribution in [3.8, 4) is 5.75 Å². The van der Waals surface area contributed by atoms with Gasteiger partial charge < -0.3 is 19.5 Å². The van der Waals surface area contributed by atoms with Gasteiger partial charge in [0.25, 0.3) is 5.91 Å². The molecular weight excluding hydrogens is 540 g/mol. The van der Waals surface area contributed by atoms with Gasteiger partial charge in [-0.2, -0.15) is 0 Å². The Morgan fingerprint density at radius 3 is 2.41 bits per heavy atom. The van der Waals surface area contributed by atoms with Crippen LogP contribution in [-0.2, 0) is 26.2 Å². The molecule has 0 spiro atoms. The fourth-order valence-corrected chi connectivity index (χ4v) is 6.30. The van der Waals surface area contributed by atoms with Crippen LogP contribution in [0.5, 0.6) is 5.75 Å². The maximum atomic E-state index is 14.6. The van der Waals surface area contributed by atoms with Gasteiger partial charge in [0, 0.05) is 23.6 Å². The molecule has 8 nitrogen and oxygen atoms in total. The molecule has 1 saturated heterocycles. The number of carbonyl (C=O) groups is 3. The van der Waals surface area contributed by atoms with Crippen LogP contribution in [0.2, 0.25) is 0 Å². The Morgan fingerprint density at radius 2 is 1.85 bits per heavy atom. The van der Waals surface area contributed by atoms with E-state index in [1.54, 1.807) is 30.8 Å². The zero-order valence-corrected chi connectivity index (χ0v) is 25.2.